The Morgan fingerprint density at radius 3 is 2.54 bits per heavy atom. The molecular weight excluding hydrogens is 719 g/mol. The molecule has 3 aromatic carbocycles. The lowest BCUT2D eigenvalue weighted by molar-refractivity contribution is -0.252. The van der Waals surface area contributed by atoms with Gasteiger partial charge in [-0.25, -0.2) is 0 Å². The number of rotatable bonds is 17. The van der Waals surface area contributed by atoms with E-state index in [9.17, 15) is 15.0 Å². The first-order valence-corrected chi connectivity index (χ1v) is 20.2. The van der Waals surface area contributed by atoms with Gasteiger partial charge in [0.1, 0.15) is 31.3 Å². The molecule has 6 unspecified atom stereocenters. The van der Waals surface area contributed by atoms with Gasteiger partial charge in [0.05, 0.1) is 23.9 Å². The normalized spacial score (nSPS) is 24.2. The van der Waals surface area contributed by atoms with Crippen molar-refractivity contribution in [1.82, 2.24) is 9.88 Å². The van der Waals surface area contributed by atoms with Crippen LogP contribution in [-0.2, 0) is 16.2 Å². The number of carbonyl (C=O) groups excluding carboxylic acids is 1. The lowest BCUT2D eigenvalue weighted by atomic mass is 9.55. The molecule has 3 aliphatic rings. The molecular formula is C47H55N3O7. The summed E-state index contributed by atoms with van der Waals surface area (Å²) in [6.07, 6.45) is 9.18. The van der Waals surface area contributed by atoms with Crippen molar-refractivity contribution in [1.29, 1.82) is 0 Å². The maximum atomic E-state index is 14.7. The van der Waals surface area contributed by atoms with E-state index in [1.807, 2.05) is 86.8 Å². The third-order valence-corrected chi connectivity index (χ3v) is 12.0. The van der Waals surface area contributed by atoms with Gasteiger partial charge in [-0.3, -0.25) is 9.78 Å². The molecule has 1 saturated carbocycles. The molecule has 57 heavy (non-hydrogen) atoms. The first-order chi connectivity index (χ1) is 27.8. The fourth-order valence-corrected chi connectivity index (χ4v) is 9.43. The van der Waals surface area contributed by atoms with Gasteiger partial charge < -0.3 is 34.2 Å². The summed E-state index contributed by atoms with van der Waals surface area (Å²) >= 11 is 0. The molecule has 1 aromatic heterocycles. The lowest BCUT2D eigenvalue weighted by Crippen LogP contribution is -2.69. The lowest BCUT2D eigenvalue weighted by Gasteiger charge is -2.59. The molecule has 4 aromatic rings. The first-order valence-electron chi connectivity index (χ1n) is 20.2. The number of unbranched alkanes of at least 4 members (excludes halogenated alkanes) is 2. The van der Waals surface area contributed by atoms with Gasteiger partial charge in [-0.15, -0.1) is 6.58 Å². The van der Waals surface area contributed by atoms with Crippen LogP contribution < -0.4 is 9.47 Å². The quantitative estimate of drug-likeness (QED) is 0.0627. The Labute approximate surface area is 335 Å². The van der Waals surface area contributed by atoms with Crippen LogP contribution >= 0.6 is 0 Å². The van der Waals surface area contributed by atoms with Crippen molar-refractivity contribution in [3.63, 3.8) is 0 Å². The number of nitrogens with zero attached hydrogens (tertiary/aromatic N) is 3. The number of aromatic nitrogens is 1. The number of amides is 1. The van der Waals surface area contributed by atoms with E-state index in [1.54, 1.807) is 18.1 Å². The van der Waals surface area contributed by atoms with Crippen molar-refractivity contribution in [2.75, 3.05) is 34.0 Å². The number of carbonyl (C=O) groups is 1. The number of allylic oxidation sites excluding steroid dienone is 1. The monoisotopic (exact) mass is 773 g/mol. The number of aliphatic hydroxyl groups is 2. The Bertz CT molecular complexity index is 2120. The van der Waals surface area contributed by atoms with Gasteiger partial charge in [-0.05, 0) is 103 Å². The number of benzene rings is 3. The predicted octanol–water partition coefficient (Wildman–Crippen LogP) is 8.16. The molecule has 0 spiro atoms. The number of oxime groups is 1. The summed E-state index contributed by atoms with van der Waals surface area (Å²) in [7, 11) is 3.38. The smallest absolute Gasteiger partial charge is 0.254 e. The number of likely N-dealkylation sites (N-methyl/N-ethyl adjacent to an activating group) is 1. The Morgan fingerprint density at radius 2 is 1.79 bits per heavy atom. The van der Waals surface area contributed by atoms with Gasteiger partial charge in [-0.2, -0.15) is 0 Å². The van der Waals surface area contributed by atoms with Gasteiger partial charge in [-0.1, -0.05) is 66.5 Å². The van der Waals surface area contributed by atoms with Crippen LogP contribution in [0.15, 0.2) is 108 Å². The topological polar surface area (TPSA) is 123 Å². The summed E-state index contributed by atoms with van der Waals surface area (Å²) in [4.78, 5) is 26.6. The molecule has 0 saturated heterocycles. The third kappa shape index (κ3) is 8.22. The summed E-state index contributed by atoms with van der Waals surface area (Å²) in [5, 5.41) is 26.4. The van der Waals surface area contributed by atoms with E-state index in [-0.39, 0.29) is 43.5 Å². The van der Waals surface area contributed by atoms with Crippen LogP contribution in [-0.4, -0.2) is 77.5 Å². The molecule has 1 aliphatic heterocycles. The van der Waals surface area contributed by atoms with E-state index in [0.717, 1.165) is 64.7 Å². The fourth-order valence-electron chi connectivity index (χ4n) is 9.43. The minimum atomic E-state index is -1.33. The molecule has 10 heteroatoms. The van der Waals surface area contributed by atoms with E-state index >= 15 is 0 Å². The first kappa shape index (κ1) is 40.2. The molecule has 1 amide bonds. The highest BCUT2D eigenvalue weighted by atomic mass is 16.7. The molecule has 0 bridgehead atoms. The summed E-state index contributed by atoms with van der Waals surface area (Å²) in [5.74, 6) is -0.422. The molecule has 2 aliphatic carbocycles. The predicted molar refractivity (Wildman–Crippen MR) is 221 cm³/mol. The highest BCUT2D eigenvalue weighted by Crippen LogP contribution is 2.62. The SMILES string of the molecule is C=CCOC12Oc3ccc(OCc4cccc(C)n4)cc3C3C(CCCCO)C(CCCCO)C=C(C(=NOC)CC1N(C)C(=O)c1ccc4ccccc4c1)C32. The van der Waals surface area contributed by atoms with Crippen molar-refractivity contribution in [3.8, 4) is 11.5 Å². The zero-order valence-corrected chi connectivity index (χ0v) is 33.3. The van der Waals surface area contributed by atoms with Gasteiger partial charge in [0.2, 0.25) is 5.79 Å². The number of hydrogen-bond donors (Lipinski definition) is 2. The average molecular weight is 774 g/mol. The maximum Gasteiger partial charge on any atom is 0.254 e. The minimum Gasteiger partial charge on any atom is -0.487 e. The number of aliphatic hydroxyl groups excluding tert-OH is 2. The van der Waals surface area contributed by atoms with Crippen LogP contribution in [0.1, 0.15) is 78.2 Å². The van der Waals surface area contributed by atoms with Crippen LogP contribution in [0, 0.1) is 24.7 Å². The van der Waals surface area contributed by atoms with Gasteiger partial charge in [0, 0.05) is 49.4 Å². The van der Waals surface area contributed by atoms with Crippen LogP contribution in [0.5, 0.6) is 11.5 Å². The standard InChI is InChI=1S/C47H55N3O7/c1-5-25-56-47-43(50(3)46(53)35-20-19-32-14-6-7-15-33(32)26-35)29-41(49-54-4)39-27-34(16-8-10-23-51)38(18-9-11-24-52)44(45(39)47)40-28-37(21-22-42(40)57-47)55-30-36-17-12-13-31(2)48-36/h5-7,12-15,17,19-22,26-28,34,38,43-45,51-52H,1,8-11,16,18,23-25,29-30H2,2-4H3. The molecule has 10 nitrogen and oxygen atoms in total. The Kier molecular flexibility index (Phi) is 12.7. The Morgan fingerprint density at radius 1 is 1.00 bits per heavy atom. The average Bonchev–Trinajstić information content (AvgIpc) is 3.23. The molecule has 2 heterocycles. The van der Waals surface area contributed by atoms with Crippen molar-refractivity contribution in [2.24, 2.45) is 22.9 Å². The van der Waals surface area contributed by atoms with Gasteiger partial charge in [0.15, 0.2) is 0 Å². The van der Waals surface area contributed by atoms with E-state index in [0.29, 0.717) is 42.9 Å². The van der Waals surface area contributed by atoms with Crippen molar-refractivity contribution in [3.05, 3.63) is 126 Å². The maximum absolute atomic E-state index is 14.7. The van der Waals surface area contributed by atoms with Crippen LogP contribution in [0.3, 0.4) is 0 Å². The van der Waals surface area contributed by atoms with Crippen LogP contribution in [0.4, 0.5) is 0 Å². The highest BCUT2D eigenvalue weighted by Gasteiger charge is 2.65. The van der Waals surface area contributed by atoms with Crippen molar-refractivity contribution < 1.29 is 34.1 Å². The zero-order valence-electron chi connectivity index (χ0n) is 33.3. The number of hydrogen-bond acceptors (Lipinski definition) is 9. The summed E-state index contributed by atoms with van der Waals surface area (Å²) < 4.78 is 20.7. The molecule has 300 valence electrons. The van der Waals surface area contributed by atoms with E-state index in [2.05, 4.69) is 28.9 Å². The van der Waals surface area contributed by atoms with Gasteiger partial charge >= 0.3 is 0 Å². The summed E-state index contributed by atoms with van der Waals surface area (Å²) in [5.41, 5.74) is 5.06. The van der Waals surface area contributed by atoms with Gasteiger partial charge in [0.25, 0.3) is 5.91 Å². The fraction of sp³-hybridized carbons (Fsp3) is 0.426. The third-order valence-electron chi connectivity index (χ3n) is 12.0. The van der Waals surface area contributed by atoms with E-state index in [1.165, 1.54) is 0 Å². The number of aryl methyl sites for hydroxylation is 1. The van der Waals surface area contributed by atoms with Crippen molar-refractivity contribution in [2.45, 2.75) is 76.2 Å². The minimum absolute atomic E-state index is 0.107. The van der Waals surface area contributed by atoms with Crippen LogP contribution in [0.25, 0.3) is 10.8 Å². The second-order valence-electron chi connectivity index (χ2n) is 15.5. The van der Waals surface area contributed by atoms with E-state index in [4.69, 9.17) is 19.0 Å². The Balaban J connectivity index is 1.38. The summed E-state index contributed by atoms with van der Waals surface area (Å²) in [6, 6.07) is 25.1. The highest BCUT2D eigenvalue weighted by molar-refractivity contribution is 6.04. The summed E-state index contributed by atoms with van der Waals surface area (Å²) in [6.45, 7) is 6.73. The number of fused-ring (bicyclic) bond motifs is 3. The molecule has 2 N–H and O–H groups in total. The second-order valence-corrected chi connectivity index (χ2v) is 15.5. The van der Waals surface area contributed by atoms with E-state index < -0.39 is 17.7 Å². The Hall–Kier alpha value is -5.03. The molecule has 1 fully saturated rings. The number of ether oxygens (including phenoxy) is 3. The largest absolute Gasteiger partial charge is 0.487 e. The zero-order chi connectivity index (χ0) is 39.9. The molecule has 6 atom stereocenters. The molecule has 7 rings (SSSR count). The van der Waals surface area contributed by atoms with Crippen LogP contribution in [0.2, 0.25) is 0 Å². The number of pyridine rings is 1. The van der Waals surface area contributed by atoms with Crippen molar-refractivity contribution >= 4 is 22.4 Å². The molecule has 0 radical (unpaired) electrons. The second kappa shape index (κ2) is 18.1.